The van der Waals surface area contributed by atoms with Crippen molar-refractivity contribution >= 4 is 5.91 Å². The average Bonchev–Trinajstić information content (AvgIpc) is 3.20. The zero-order valence-corrected chi connectivity index (χ0v) is 11.6. The number of nitrogens with one attached hydrogen (secondary N) is 1. The van der Waals surface area contributed by atoms with Crippen LogP contribution in [0.2, 0.25) is 0 Å². The van der Waals surface area contributed by atoms with Crippen molar-refractivity contribution in [2.24, 2.45) is 0 Å². The van der Waals surface area contributed by atoms with Gasteiger partial charge in [0, 0.05) is 31.8 Å². The molecule has 0 saturated carbocycles. The first-order valence-corrected chi connectivity index (χ1v) is 6.52. The Morgan fingerprint density at radius 1 is 1.43 bits per heavy atom. The van der Waals surface area contributed by atoms with Crippen molar-refractivity contribution in [2.75, 3.05) is 7.05 Å². The molecule has 7 nitrogen and oxygen atoms in total. The number of rotatable bonds is 5. The number of nitrogens with zero attached hydrogens (tertiary/aromatic N) is 4. The molecule has 3 rings (SSSR count). The number of carbonyl (C=O) groups is 1. The molecule has 0 aliphatic rings. The Bertz CT molecular complexity index is 700. The highest BCUT2D eigenvalue weighted by Gasteiger charge is 2.17. The lowest BCUT2D eigenvalue weighted by Gasteiger charge is -2.13. The Kier molecular flexibility index (Phi) is 3.55. The van der Waals surface area contributed by atoms with Gasteiger partial charge < -0.3 is 14.3 Å². The summed E-state index contributed by atoms with van der Waals surface area (Å²) in [6.45, 7) is 0.906. The minimum atomic E-state index is -0.182. The highest BCUT2D eigenvalue weighted by atomic mass is 16.4. The van der Waals surface area contributed by atoms with Gasteiger partial charge in [-0.05, 0) is 18.2 Å². The molecule has 1 amide bonds. The molecule has 0 radical (unpaired) electrons. The topological polar surface area (TPSA) is 80.0 Å². The second-order valence-corrected chi connectivity index (χ2v) is 4.67. The highest BCUT2D eigenvalue weighted by Crippen LogP contribution is 2.12. The van der Waals surface area contributed by atoms with Gasteiger partial charge in [0.15, 0.2) is 5.76 Å². The van der Waals surface area contributed by atoms with Crippen LogP contribution in [0.5, 0.6) is 0 Å². The van der Waals surface area contributed by atoms with E-state index in [0.717, 1.165) is 5.82 Å². The molecule has 1 N–H and O–H groups in total. The van der Waals surface area contributed by atoms with Crippen molar-refractivity contribution in [1.82, 2.24) is 24.6 Å². The monoisotopic (exact) mass is 285 g/mol. The van der Waals surface area contributed by atoms with Crippen LogP contribution in [0, 0.1) is 0 Å². The van der Waals surface area contributed by atoms with E-state index in [1.165, 1.54) is 0 Å². The first-order chi connectivity index (χ1) is 10.2. The summed E-state index contributed by atoms with van der Waals surface area (Å²) in [4.78, 5) is 20.9. The van der Waals surface area contributed by atoms with Crippen LogP contribution in [0.3, 0.4) is 0 Å². The van der Waals surface area contributed by atoms with Gasteiger partial charge in [-0.2, -0.15) is 5.10 Å². The lowest BCUT2D eigenvalue weighted by molar-refractivity contribution is 0.0748. The maximum absolute atomic E-state index is 12.3. The standard InChI is InChI=1S/C14H15N5O2/c1-18(10-13-15-6-7-16-13)14(20)12-4-3-11(21-12)9-19-8-2-5-17-19/h2-8H,9-10H2,1H3,(H,15,16). The number of furan rings is 1. The van der Waals surface area contributed by atoms with E-state index >= 15 is 0 Å². The molecule has 0 bridgehead atoms. The van der Waals surface area contributed by atoms with Gasteiger partial charge in [0.1, 0.15) is 11.6 Å². The van der Waals surface area contributed by atoms with E-state index in [9.17, 15) is 4.79 Å². The summed E-state index contributed by atoms with van der Waals surface area (Å²) in [5, 5.41) is 4.10. The molecule has 21 heavy (non-hydrogen) atoms. The first-order valence-electron chi connectivity index (χ1n) is 6.52. The van der Waals surface area contributed by atoms with Gasteiger partial charge in [0.05, 0.1) is 13.1 Å². The molecule has 108 valence electrons. The van der Waals surface area contributed by atoms with Crippen LogP contribution in [0.25, 0.3) is 0 Å². The Hall–Kier alpha value is -2.83. The molecule has 0 saturated heterocycles. The predicted octanol–water partition coefficient (Wildman–Crippen LogP) is 1.52. The third kappa shape index (κ3) is 3.02. The molecule has 3 aromatic rings. The molecule has 3 heterocycles. The van der Waals surface area contributed by atoms with Crippen LogP contribution >= 0.6 is 0 Å². The molecule has 0 aliphatic heterocycles. The zero-order valence-electron chi connectivity index (χ0n) is 11.6. The third-order valence-electron chi connectivity index (χ3n) is 3.04. The van der Waals surface area contributed by atoms with Gasteiger partial charge in [0.2, 0.25) is 0 Å². The van der Waals surface area contributed by atoms with Crippen LogP contribution in [-0.2, 0) is 13.1 Å². The molecule has 0 atom stereocenters. The highest BCUT2D eigenvalue weighted by molar-refractivity contribution is 5.91. The van der Waals surface area contributed by atoms with Gasteiger partial charge in [-0.25, -0.2) is 4.98 Å². The van der Waals surface area contributed by atoms with Crippen LogP contribution in [-0.4, -0.2) is 37.6 Å². The lowest BCUT2D eigenvalue weighted by atomic mass is 10.3. The lowest BCUT2D eigenvalue weighted by Crippen LogP contribution is -2.26. The molecule has 0 aliphatic carbocycles. The zero-order chi connectivity index (χ0) is 14.7. The summed E-state index contributed by atoms with van der Waals surface area (Å²) in [6.07, 6.45) is 6.92. The van der Waals surface area contributed by atoms with Crippen molar-refractivity contribution in [3.63, 3.8) is 0 Å². The van der Waals surface area contributed by atoms with Crippen LogP contribution in [0.4, 0.5) is 0 Å². The maximum atomic E-state index is 12.3. The Labute approximate surface area is 121 Å². The first kappa shape index (κ1) is 13.2. The van der Waals surface area contributed by atoms with E-state index in [1.807, 2.05) is 12.3 Å². The molecule has 0 spiro atoms. The number of hydrogen-bond acceptors (Lipinski definition) is 4. The minimum absolute atomic E-state index is 0.182. The number of amides is 1. The Morgan fingerprint density at radius 3 is 3.05 bits per heavy atom. The van der Waals surface area contributed by atoms with Gasteiger partial charge in [0.25, 0.3) is 5.91 Å². The largest absolute Gasteiger partial charge is 0.454 e. The van der Waals surface area contributed by atoms with E-state index in [1.54, 1.807) is 47.4 Å². The summed E-state index contributed by atoms with van der Waals surface area (Å²) in [6, 6.07) is 5.31. The van der Waals surface area contributed by atoms with Gasteiger partial charge >= 0.3 is 0 Å². The van der Waals surface area contributed by atoms with Gasteiger partial charge in [-0.3, -0.25) is 9.48 Å². The minimum Gasteiger partial charge on any atom is -0.454 e. The third-order valence-corrected chi connectivity index (χ3v) is 3.04. The molecule has 0 unspecified atom stereocenters. The summed E-state index contributed by atoms with van der Waals surface area (Å²) in [5.74, 6) is 1.55. The molecule has 3 aromatic heterocycles. The van der Waals surface area contributed by atoms with Crippen molar-refractivity contribution in [3.05, 3.63) is 60.3 Å². The van der Waals surface area contributed by atoms with Crippen LogP contribution in [0.15, 0.2) is 47.4 Å². The number of carbonyl (C=O) groups excluding carboxylic acids is 1. The second kappa shape index (κ2) is 5.66. The second-order valence-electron chi connectivity index (χ2n) is 4.67. The van der Waals surface area contributed by atoms with Crippen LogP contribution in [0.1, 0.15) is 22.1 Å². The van der Waals surface area contributed by atoms with Crippen LogP contribution < -0.4 is 0 Å². The molecule has 0 aromatic carbocycles. The number of hydrogen-bond donors (Lipinski definition) is 1. The van der Waals surface area contributed by atoms with E-state index in [4.69, 9.17) is 4.42 Å². The predicted molar refractivity (Wildman–Crippen MR) is 74.4 cm³/mol. The summed E-state index contributed by atoms with van der Waals surface area (Å²) >= 11 is 0. The van der Waals surface area contributed by atoms with Gasteiger partial charge in [-0.1, -0.05) is 0 Å². The van der Waals surface area contributed by atoms with Gasteiger partial charge in [-0.15, -0.1) is 0 Å². The molecule has 7 heteroatoms. The number of imidazole rings is 1. The van der Waals surface area contributed by atoms with E-state index in [2.05, 4.69) is 15.1 Å². The average molecular weight is 285 g/mol. The number of H-pyrrole nitrogens is 1. The normalized spacial score (nSPS) is 10.7. The number of aromatic nitrogens is 4. The Balaban J connectivity index is 1.66. The number of aromatic amines is 1. The van der Waals surface area contributed by atoms with Crippen molar-refractivity contribution in [1.29, 1.82) is 0 Å². The maximum Gasteiger partial charge on any atom is 0.289 e. The summed E-state index contributed by atoms with van der Waals surface area (Å²) in [5.41, 5.74) is 0. The fourth-order valence-electron chi connectivity index (χ4n) is 2.00. The van der Waals surface area contributed by atoms with E-state index in [0.29, 0.717) is 24.6 Å². The quantitative estimate of drug-likeness (QED) is 0.770. The van der Waals surface area contributed by atoms with E-state index < -0.39 is 0 Å². The molecular formula is C14H15N5O2. The summed E-state index contributed by atoms with van der Waals surface area (Å²) in [7, 11) is 1.71. The van der Waals surface area contributed by atoms with Crippen molar-refractivity contribution in [2.45, 2.75) is 13.1 Å². The fourth-order valence-corrected chi connectivity index (χ4v) is 2.00. The molecule has 0 fully saturated rings. The van der Waals surface area contributed by atoms with Crippen molar-refractivity contribution < 1.29 is 9.21 Å². The van der Waals surface area contributed by atoms with E-state index in [-0.39, 0.29) is 5.91 Å². The Morgan fingerprint density at radius 2 is 2.33 bits per heavy atom. The molecular weight excluding hydrogens is 270 g/mol. The summed E-state index contributed by atoms with van der Waals surface area (Å²) < 4.78 is 7.31. The van der Waals surface area contributed by atoms with Crippen molar-refractivity contribution in [3.8, 4) is 0 Å². The smallest absolute Gasteiger partial charge is 0.289 e. The fraction of sp³-hybridized carbons (Fsp3) is 0.214. The SMILES string of the molecule is CN(Cc1ncc[nH]1)C(=O)c1ccc(Cn2cccn2)o1.